The van der Waals surface area contributed by atoms with E-state index < -0.39 is 87.0 Å². The van der Waals surface area contributed by atoms with Gasteiger partial charge in [0.1, 0.15) is 23.2 Å². The van der Waals surface area contributed by atoms with Gasteiger partial charge in [-0.2, -0.15) is 0 Å². The minimum atomic E-state index is -2.66. The summed E-state index contributed by atoms with van der Waals surface area (Å²) in [4.78, 5) is 0. The van der Waals surface area contributed by atoms with Crippen molar-refractivity contribution in [1.82, 2.24) is 0 Å². The fraction of sp³-hybridized carbons (Fsp3) is 0.0526. The maximum atomic E-state index is 14.5. The second-order valence-electron chi connectivity index (χ2n) is 6.21. The van der Waals surface area contributed by atoms with E-state index in [1.165, 1.54) is 0 Å². The first-order chi connectivity index (χ1) is 14.5. The van der Waals surface area contributed by atoms with Gasteiger partial charge in [-0.1, -0.05) is 0 Å². The Bertz CT molecular complexity index is 1130. The molecule has 0 saturated heterocycles. The van der Waals surface area contributed by atoms with Crippen LogP contribution in [0, 0.1) is 58.2 Å². The van der Waals surface area contributed by atoms with Gasteiger partial charge in [-0.25, -0.2) is 43.9 Å². The van der Waals surface area contributed by atoms with Crippen LogP contribution in [0.5, 0.6) is 5.75 Å². The molecule has 0 saturated carbocycles. The summed E-state index contributed by atoms with van der Waals surface area (Å²) in [5, 5.41) is 0. The summed E-state index contributed by atoms with van der Waals surface area (Å²) in [5.41, 5.74) is -4.29. The average molecular weight is 452 g/mol. The van der Waals surface area contributed by atoms with E-state index in [9.17, 15) is 43.9 Å². The van der Waals surface area contributed by atoms with Crippen molar-refractivity contribution in [2.75, 3.05) is 7.11 Å². The molecule has 0 aliphatic heterocycles. The molecule has 1 nitrogen and oxygen atoms in total. The summed E-state index contributed by atoms with van der Waals surface area (Å²) in [6, 6.07) is 0.180. The molecule has 0 aliphatic carbocycles. The highest BCUT2D eigenvalue weighted by Gasteiger charge is 2.39. The molecule has 3 aromatic rings. The summed E-state index contributed by atoms with van der Waals surface area (Å²) < 4.78 is 145. The Balaban J connectivity index is 2.54. The second-order valence-corrected chi connectivity index (χ2v) is 6.21. The largest absolute Gasteiger partial charge is 0.494 e. The Morgan fingerprint density at radius 1 is 0.548 bits per heavy atom. The smallest absolute Gasteiger partial charge is 0.261 e. The van der Waals surface area contributed by atoms with Crippen molar-refractivity contribution in [3.63, 3.8) is 0 Å². The summed E-state index contributed by atoms with van der Waals surface area (Å²) >= 11 is 0. The summed E-state index contributed by atoms with van der Waals surface area (Å²) in [6.07, 6.45) is 0. The van der Waals surface area contributed by atoms with E-state index in [4.69, 9.17) is 0 Å². The van der Waals surface area contributed by atoms with Gasteiger partial charge < -0.3 is 4.74 Å². The summed E-state index contributed by atoms with van der Waals surface area (Å²) in [5.74, 6) is -21.1. The molecule has 12 heteroatoms. The lowest BCUT2D eigenvalue weighted by atomic mass is 9.36. The van der Waals surface area contributed by atoms with Gasteiger partial charge in [0.05, 0.1) is 7.11 Å². The molecule has 0 N–H and O–H groups in total. The monoisotopic (exact) mass is 452 g/mol. The first-order valence-electron chi connectivity index (χ1n) is 8.18. The molecule has 0 aliphatic rings. The molecule has 0 amide bonds. The molecule has 0 heterocycles. The van der Waals surface area contributed by atoms with Crippen molar-refractivity contribution < 1.29 is 48.6 Å². The first-order valence-corrected chi connectivity index (χ1v) is 8.18. The molecule has 3 rings (SSSR count). The Morgan fingerprint density at radius 3 is 1.42 bits per heavy atom. The Labute approximate surface area is 168 Å². The van der Waals surface area contributed by atoms with Crippen molar-refractivity contribution >= 4 is 23.1 Å². The minimum absolute atomic E-state index is 0.196. The fourth-order valence-corrected chi connectivity index (χ4v) is 3.16. The van der Waals surface area contributed by atoms with Crippen LogP contribution in [0.3, 0.4) is 0 Å². The lowest BCUT2D eigenvalue weighted by Gasteiger charge is -2.21. The number of rotatable bonds is 4. The topological polar surface area (TPSA) is 9.23 Å². The fourth-order valence-electron chi connectivity index (χ4n) is 3.16. The SMILES string of the molecule is COc1c(F)cc(F)cc1B(c1c(F)cc(F)c(F)c1F)c1c(F)cc(F)c(F)c1F. The van der Waals surface area contributed by atoms with Crippen LogP contribution in [0.2, 0.25) is 0 Å². The van der Waals surface area contributed by atoms with Crippen LogP contribution in [-0.4, -0.2) is 13.8 Å². The van der Waals surface area contributed by atoms with E-state index in [0.717, 1.165) is 7.11 Å². The number of methoxy groups -OCH3 is 1. The maximum absolute atomic E-state index is 14.5. The third-order valence-corrected chi connectivity index (χ3v) is 4.43. The van der Waals surface area contributed by atoms with Crippen LogP contribution < -0.4 is 21.1 Å². The predicted octanol–water partition coefficient (Wildman–Crippen LogP) is 3.60. The van der Waals surface area contributed by atoms with Gasteiger partial charge in [0.25, 0.3) is 6.71 Å². The van der Waals surface area contributed by atoms with Crippen molar-refractivity contribution in [2.45, 2.75) is 0 Å². The Morgan fingerprint density at radius 2 is 1.00 bits per heavy atom. The minimum Gasteiger partial charge on any atom is -0.494 e. The lowest BCUT2D eigenvalue weighted by Crippen LogP contribution is -2.58. The Kier molecular flexibility index (Phi) is 5.92. The molecule has 0 unspecified atom stereocenters. The molecule has 162 valence electrons. The molecule has 0 radical (unpaired) electrons. The summed E-state index contributed by atoms with van der Waals surface area (Å²) in [6.45, 7) is -2.66. The van der Waals surface area contributed by atoms with Gasteiger partial charge in [-0.15, -0.1) is 0 Å². The van der Waals surface area contributed by atoms with Crippen LogP contribution in [0.15, 0.2) is 24.3 Å². The third kappa shape index (κ3) is 3.70. The third-order valence-electron chi connectivity index (χ3n) is 4.43. The molecule has 0 aromatic heterocycles. The zero-order chi connectivity index (χ0) is 23.2. The molecule has 31 heavy (non-hydrogen) atoms. The van der Waals surface area contributed by atoms with E-state index in [1.54, 1.807) is 0 Å². The standard InChI is InChI=1S/C19H7BF10O/c1-31-19-7(2-6(21)3-12(19)26)20(13-8(22)4-10(24)15(27)17(13)29)14-9(23)5-11(25)16(28)18(14)30/h2-5H,1H3. The summed E-state index contributed by atoms with van der Waals surface area (Å²) in [7, 11) is 0.798. The van der Waals surface area contributed by atoms with Crippen molar-refractivity contribution in [1.29, 1.82) is 0 Å². The lowest BCUT2D eigenvalue weighted by molar-refractivity contribution is 0.387. The normalized spacial score (nSPS) is 11.1. The maximum Gasteiger partial charge on any atom is 0.261 e. The number of benzene rings is 3. The van der Waals surface area contributed by atoms with E-state index >= 15 is 0 Å². The molecule has 3 aromatic carbocycles. The van der Waals surface area contributed by atoms with E-state index in [0.29, 0.717) is 6.07 Å². The molecule has 0 bridgehead atoms. The van der Waals surface area contributed by atoms with Crippen molar-refractivity contribution in [3.8, 4) is 5.75 Å². The highest BCUT2D eigenvalue weighted by molar-refractivity contribution is 6.96. The van der Waals surface area contributed by atoms with Gasteiger partial charge in [-0.3, -0.25) is 0 Å². The van der Waals surface area contributed by atoms with Crippen molar-refractivity contribution in [3.05, 3.63) is 82.4 Å². The van der Waals surface area contributed by atoms with E-state index in [-0.39, 0.29) is 18.2 Å². The van der Waals surface area contributed by atoms with Crippen LogP contribution in [-0.2, 0) is 0 Å². The van der Waals surface area contributed by atoms with Gasteiger partial charge in [0.15, 0.2) is 40.7 Å². The van der Waals surface area contributed by atoms with Gasteiger partial charge in [-0.05, 0) is 11.5 Å². The van der Waals surface area contributed by atoms with Gasteiger partial charge in [0.2, 0.25) is 0 Å². The molecule has 0 spiro atoms. The molecule has 0 fully saturated rings. The highest BCUT2D eigenvalue weighted by Crippen LogP contribution is 2.21. The average Bonchev–Trinajstić information content (AvgIpc) is 2.68. The Hall–Kier alpha value is -3.18. The zero-order valence-corrected chi connectivity index (χ0v) is 15.1. The molecular formula is C19H7BF10O. The molecular weight excluding hydrogens is 445 g/mol. The van der Waals surface area contributed by atoms with Crippen LogP contribution >= 0.6 is 0 Å². The van der Waals surface area contributed by atoms with Crippen LogP contribution in [0.25, 0.3) is 0 Å². The number of hydrogen-bond donors (Lipinski definition) is 0. The molecule has 0 atom stereocenters. The van der Waals surface area contributed by atoms with Crippen molar-refractivity contribution in [2.24, 2.45) is 0 Å². The van der Waals surface area contributed by atoms with Gasteiger partial charge in [0, 0.05) is 29.1 Å². The zero-order valence-electron chi connectivity index (χ0n) is 15.1. The first kappa shape index (κ1) is 22.5. The predicted molar refractivity (Wildman–Crippen MR) is 90.1 cm³/mol. The van der Waals surface area contributed by atoms with E-state index in [1.807, 2.05) is 0 Å². The number of halogens is 10. The van der Waals surface area contributed by atoms with Gasteiger partial charge >= 0.3 is 0 Å². The number of ether oxygens (including phenoxy) is 1. The quantitative estimate of drug-likeness (QED) is 0.255. The van der Waals surface area contributed by atoms with E-state index in [2.05, 4.69) is 4.74 Å². The van der Waals surface area contributed by atoms with Crippen LogP contribution in [0.4, 0.5) is 43.9 Å². The second kappa shape index (κ2) is 8.16. The number of hydrogen-bond acceptors (Lipinski definition) is 1. The highest BCUT2D eigenvalue weighted by atomic mass is 19.2. The van der Waals surface area contributed by atoms with Crippen LogP contribution in [0.1, 0.15) is 0 Å².